The first-order chi connectivity index (χ1) is 12.1. The topological polar surface area (TPSA) is 63.6 Å². The number of likely N-dealkylation sites (tertiary alicyclic amines) is 1. The third kappa shape index (κ3) is 3.95. The van der Waals surface area contributed by atoms with Gasteiger partial charge in [0.05, 0.1) is 6.61 Å². The zero-order chi connectivity index (χ0) is 17.8. The minimum atomic E-state index is -0.408. The van der Waals surface area contributed by atoms with E-state index >= 15 is 0 Å². The summed E-state index contributed by atoms with van der Waals surface area (Å²) in [5.74, 6) is 0.0832. The van der Waals surface area contributed by atoms with Gasteiger partial charge in [-0.15, -0.1) is 0 Å². The lowest BCUT2D eigenvalue weighted by Gasteiger charge is -2.33. The van der Waals surface area contributed by atoms with Crippen LogP contribution in [0.15, 0.2) is 30.3 Å². The molecule has 1 fully saturated rings. The monoisotopic (exact) mass is 343 g/mol. The van der Waals surface area contributed by atoms with Crippen LogP contribution in [-0.2, 0) is 16.1 Å². The van der Waals surface area contributed by atoms with Crippen molar-refractivity contribution in [3.05, 3.63) is 36.0 Å². The molecule has 1 aliphatic heterocycles. The molecule has 25 heavy (non-hydrogen) atoms. The van der Waals surface area contributed by atoms with E-state index in [1.165, 1.54) is 0 Å². The van der Waals surface area contributed by atoms with Gasteiger partial charge in [0.25, 0.3) is 0 Å². The number of ether oxygens (including phenoxy) is 1. The fourth-order valence-corrected chi connectivity index (χ4v) is 3.45. The van der Waals surface area contributed by atoms with E-state index in [0.717, 1.165) is 36.0 Å². The summed E-state index contributed by atoms with van der Waals surface area (Å²) in [6.45, 7) is 5.75. The third-order valence-corrected chi connectivity index (χ3v) is 4.68. The number of nitrogens with one attached hydrogen (secondary N) is 1. The molecule has 0 radical (unpaired) electrons. The molecule has 0 saturated carbocycles. The summed E-state index contributed by atoms with van der Waals surface area (Å²) in [7, 11) is 0. The van der Waals surface area contributed by atoms with Crippen molar-refractivity contribution in [3.63, 3.8) is 0 Å². The van der Waals surface area contributed by atoms with Gasteiger partial charge in [-0.25, -0.2) is 4.79 Å². The molecule has 2 heterocycles. The molecule has 2 aromatic rings. The molecule has 6 nitrogen and oxygen atoms in total. The van der Waals surface area contributed by atoms with E-state index in [-0.39, 0.29) is 11.9 Å². The van der Waals surface area contributed by atoms with Gasteiger partial charge in [-0.2, -0.15) is 0 Å². The molecule has 1 atom stereocenters. The van der Waals surface area contributed by atoms with Gasteiger partial charge in [-0.05, 0) is 44.2 Å². The lowest BCUT2D eigenvalue weighted by Crippen LogP contribution is -2.50. The number of aromatic nitrogens is 1. The summed E-state index contributed by atoms with van der Waals surface area (Å²) in [4.78, 5) is 26.2. The van der Waals surface area contributed by atoms with Gasteiger partial charge in [0, 0.05) is 30.3 Å². The predicted molar refractivity (Wildman–Crippen MR) is 96.4 cm³/mol. The minimum Gasteiger partial charge on any atom is -0.450 e. The zero-order valence-electron chi connectivity index (χ0n) is 14.8. The van der Waals surface area contributed by atoms with Crippen LogP contribution in [0.5, 0.6) is 0 Å². The number of carbonyl (C=O) groups excluding carboxylic acids is 2. The number of hydrogen-bond acceptors (Lipinski definition) is 3. The van der Waals surface area contributed by atoms with Crippen LogP contribution in [0.1, 0.15) is 25.5 Å². The van der Waals surface area contributed by atoms with Crippen LogP contribution in [0.3, 0.4) is 0 Å². The molecule has 2 amide bonds. The Morgan fingerprint density at radius 2 is 2.12 bits per heavy atom. The highest BCUT2D eigenvalue weighted by Crippen LogP contribution is 2.20. The Labute approximate surface area is 147 Å². The van der Waals surface area contributed by atoms with Crippen molar-refractivity contribution in [1.29, 1.82) is 0 Å². The number of carbonyl (C=O) groups is 2. The fourth-order valence-electron chi connectivity index (χ4n) is 3.45. The maximum absolute atomic E-state index is 12.8. The fraction of sp³-hybridized carbons (Fsp3) is 0.474. The molecule has 1 aliphatic rings. The van der Waals surface area contributed by atoms with E-state index in [1.807, 2.05) is 30.0 Å². The highest BCUT2D eigenvalue weighted by Gasteiger charge is 2.25. The highest BCUT2D eigenvalue weighted by molar-refractivity contribution is 5.84. The minimum absolute atomic E-state index is 0.0424. The van der Waals surface area contributed by atoms with E-state index < -0.39 is 6.09 Å². The average Bonchev–Trinajstić information content (AvgIpc) is 2.91. The lowest BCUT2D eigenvalue weighted by molar-refractivity contribution is -0.133. The SMILES string of the molecule is CCOC(=O)N[C@@H]1CCCN(C(=O)Cn2c(C)cc3ccccc32)C1. The van der Waals surface area contributed by atoms with Crippen LogP contribution < -0.4 is 5.32 Å². The zero-order valence-corrected chi connectivity index (χ0v) is 14.8. The number of rotatable bonds is 4. The Hall–Kier alpha value is -2.50. The first kappa shape index (κ1) is 17.3. The smallest absolute Gasteiger partial charge is 0.407 e. The second-order valence-electron chi connectivity index (χ2n) is 6.47. The molecule has 1 saturated heterocycles. The van der Waals surface area contributed by atoms with Crippen LogP contribution >= 0.6 is 0 Å². The average molecular weight is 343 g/mol. The number of alkyl carbamates (subject to hydrolysis) is 1. The van der Waals surface area contributed by atoms with Crippen LogP contribution in [0.2, 0.25) is 0 Å². The van der Waals surface area contributed by atoms with Crippen molar-refractivity contribution in [3.8, 4) is 0 Å². The molecule has 3 rings (SSSR count). The number of hydrogen-bond donors (Lipinski definition) is 1. The molecule has 6 heteroatoms. The van der Waals surface area contributed by atoms with Crippen molar-refractivity contribution in [1.82, 2.24) is 14.8 Å². The second kappa shape index (κ2) is 7.59. The number of fused-ring (bicyclic) bond motifs is 1. The van der Waals surface area contributed by atoms with Gasteiger partial charge in [-0.1, -0.05) is 18.2 Å². The van der Waals surface area contributed by atoms with Gasteiger partial charge in [-0.3, -0.25) is 4.79 Å². The van der Waals surface area contributed by atoms with Gasteiger partial charge < -0.3 is 19.5 Å². The number of nitrogens with zero attached hydrogens (tertiary/aromatic N) is 2. The van der Waals surface area contributed by atoms with E-state index in [0.29, 0.717) is 19.7 Å². The van der Waals surface area contributed by atoms with Crippen LogP contribution in [-0.4, -0.2) is 47.2 Å². The van der Waals surface area contributed by atoms with Gasteiger partial charge in [0.15, 0.2) is 0 Å². The molecular weight excluding hydrogens is 318 g/mol. The summed E-state index contributed by atoms with van der Waals surface area (Å²) in [5, 5.41) is 3.99. The standard InChI is InChI=1S/C19H25N3O3/c1-3-25-19(24)20-16-8-6-10-21(12-16)18(23)13-22-14(2)11-15-7-4-5-9-17(15)22/h4-5,7,9,11,16H,3,6,8,10,12-13H2,1-2H3,(H,20,24)/t16-/m1/s1. The number of piperidine rings is 1. The summed E-state index contributed by atoms with van der Waals surface area (Å²) in [6, 6.07) is 10.1. The second-order valence-corrected chi connectivity index (χ2v) is 6.47. The molecule has 0 spiro atoms. The number of benzene rings is 1. The Morgan fingerprint density at radius 1 is 1.32 bits per heavy atom. The molecule has 0 unspecified atom stereocenters. The first-order valence-corrected chi connectivity index (χ1v) is 8.84. The predicted octanol–water partition coefficient (Wildman–Crippen LogP) is 2.69. The van der Waals surface area contributed by atoms with Crippen molar-refractivity contribution in [2.45, 2.75) is 39.3 Å². The molecule has 0 bridgehead atoms. The molecular formula is C19H25N3O3. The Bertz CT molecular complexity index is 768. The van der Waals surface area contributed by atoms with Gasteiger partial charge in [0.1, 0.15) is 6.54 Å². The van der Waals surface area contributed by atoms with Crippen molar-refractivity contribution < 1.29 is 14.3 Å². The lowest BCUT2D eigenvalue weighted by atomic mass is 10.1. The van der Waals surface area contributed by atoms with Crippen LogP contribution in [0.25, 0.3) is 10.9 Å². The quantitative estimate of drug-likeness (QED) is 0.928. The summed E-state index contributed by atoms with van der Waals surface area (Å²) in [6.07, 6.45) is 1.34. The Balaban J connectivity index is 1.66. The van der Waals surface area contributed by atoms with Crippen molar-refractivity contribution in [2.75, 3.05) is 19.7 Å². The molecule has 1 aromatic heterocycles. The normalized spacial score (nSPS) is 17.5. The number of para-hydroxylation sites is 1. The van der Waals surface area contributed by atoms with Crippen LogP contribution in [0.4, 0.5) is 4.79 Å². The summed E-state index contributed by atoms with van der Waals surface area (Å²) < 4.78 is 6.99. The van der Waals surface area contributed by atoms with Crippen molar-refractivity contribution >= 4 is 22.9 Å². The Morgan fingerprint density at radius 3 is 2.92 bits per heavy atom. The molecule has 1 aromatic carbocycles. The first-order valence-electron chi connectivity index (χ1n) is 8.84. The largest absolute Gasteiger partial charge is 0.450 e. The molecule has 1 N–H and O–H groups in total. The van der Waals surface area contributed by atoms with E-state index in [2.05, 4.69) is 22.0 Å². The Kier molecular flexibility index (Phi) is 5.26. The highest BCUT2D eigenvalue weighted by atomic mass is 16.5. The maximum atomic E-state index is 12.8. The number of amides is 2. The molecule has 0 aliphatic carbocycles. The van der Waals surface area contributed by atoms with Gasteiger partial charge >= 0.3 is 6.09 Å². The van der Waals surface area contributed by atoms with E-state index in [4.69, 9.17) is 4.74 Å². The van der Waals surface area contributed by atoms with Crippen LogP contribution in [0, 0.1) is 6.92 Å². The summed E-state index contributed by atoms with van der Waals surface area (Å²) in [5.41, 5.74) is 2.15. The third-order valence-electron chi connectivity index (χ3n) is 4.68. The van der Waals surface area contributed by atoms with Crippen molar-refractivity contribution in [2.24, 2.45) is 0 Å². The summed E-state index contributed by atoms with van der Waals surface area (Å²) >= 11 is 0. The van der Waals surface area contributed by atoms with Gasteiger partial charge in [0.2, 0.25) is 5.91 Å². The van der Waals surface area contributed by atoms with E-state index in [9.17, 15) is 9.59 Å². The maximum Gasteiger partial charge on any atom is 0.407 e. The molecule has 134 valence electrons. The van der Waals surface area contributed by atoms with E-state index in [1.54, 1.807) is 6.92 Å². The number of aryl methyl sites for hydroxylation is 1.